The number of ether oxygens (including phenoxy) is 1. The molecule has 2 heteroatoms. The van der Waals surface area contributed by atoms with Gasteiger partial charge in [-0.15, -0.1) is 0 Å². The first-order valence-corrected chi connectivity index (χ1v) is 7.59. The van der Waals surface area contributed by atoms with Gasteiger partial charge < -0.3 is 4.74 Å². The van der Waals surface area contributed by atoms with Crippen LogP contribution in [-0.2, 0) is 12.8 Å². The van der Waals surface area contributed by atoms with Gasteiger partial charge in [0.15, 0.2) is 0 Å². The van der Waals surface area contributed by atoms with Crippen LogP contribution in [0.5, 0.6) is 5.75 Å². The molecule has 98 valence electrons. The van der Waals surface area contributed by atoms with E-state index >= 15 is 0 Å². The van der Waals surface area contributed by atoms with E-state index < -0.39 is 0 Å². The molecular formula is C17H17BrO. The van der Waals surface area contributed by atoms with Crippen molar-refractivity contribution in [2.75, 3.05) is 6.61 Å². The molecular weight excluding hydrogens is 300 g/mol. The minimum Gasteiger partial charge on any atom is -0.493 e. The Hall–Kier alpha value is -1.28. The fraction of sp³-hybridized carbons (Fsp3) is 0.294. The number of hydrogen-bond acceptors (Lipinski definition) is 1. The Morgan fingerprint density at radius 2 is 2.11 bits per heavy atom. The molecule has 2 aromatic carbocycles. The molecule has 3 rings (SSSR count). The molecule has 0 fully saturated rings. The number of rotatable bonds is 3. The van der Waals surface area contributed by atoms with E-state index in [1.165, 1.54) is 22.3 Å². The second-order valence-corrected chi connectivity index (χ2v) is 6.23. The minimum atomic E-state index is 0.361. The summed E-state index contributed by atoms with van der Waals surface area (Å²) in [6, 6.07) is 15.3. The lowest BCUT2D eigenvalue weighted by molar-refractivity contribution is 0.357. The fourth-order valence-electron chi connectivity index (χ4n) is 2.57. The van der Waals surface area contributed by atoms with E-state index in [2.05, 4.69) is 65.3 Å². The number of fused-ring (bicyclic) bond motifs is 1. The van der Waals surface area contributed by atoms with E-state index in [9.17, 15) is 0 Å². The van der Waals surface area contributed by atoms with Gasteiger partial charge >= 0.3 is 0 Å². The highest BCUT2D eigenvalue weighted by molar-refractivity contribution is 9.09. The maximum absolute atomic E-state index is 5.55. The summed E-state index contributed by atoms with van der Waals surface area (Å²) in [7, 11) is 0. The molecule has 1 aliphatic rings. The van der Waals surface area contributed by atoms with Gasteiger partial charge in [-0.1, -0.05) is 57.9 Å². The average molecular weight is 317 g/mol. The molecule has 1 unspecified atom stereocenters. The summed E-state index contributed by atoms with van der Waals surface area (Å²) in [4.78, 5) is 0.361. The number of alkyl halides is 1. The molecule has 0 aromatic heterocycles. The molecule has 1 heterocycles. The first-order valence-electron chi connectivity index (χ1n) is 6.67. The van der Waals surface area contributed by atoms with Crippen LogP contribution in [0.15, 0.2) is 42.5 Å². The molecule has 0 saturated heterocycles. The predicted molar refractivity (Wildman–Crippen MR) is 82.2 cm³/mol. The standard InChI is InChI=1S/C17H17BrO/c1-12-3-2-4-13(9-12)10-16(18)14-5-6-17-15(11-14)7-8-19-17/h2-6,9,11,16H,7-8,10H2,1H3. The summed E-state index contributed by atoms with van der Waals surface area (Å²) in [6.45, 7) is 2.96. The van der Waals surface area contributed by atoms with Crippen molar-refractivity contribution in [2.24, 2.45) is 0 Å². The van der Waals surface area contributed by atoms with Crippen molar-refractivity contribution in [3.63, 3.8) is 0 Å². The third kappa shape index (κ3) is 2.84. The van der Waals surface area contributed by atoms with Crippen LogP contribution in [0, 0.1) is 6.92 Å². The molecule has 0 amide bonds. The van der Waals surface area contributed by atoms with Gasteiger partial charge in [0, 0.05) is 11.2 Å². The van der Waals surface area contributed by atoms with E-state index in [0.29, 0.717) is 4.83 Å². The van der Waals surface area contributed by atoms with Gasteiger partial charge in [0.05, 0.1) is 6.61 Å². The van der Waals surface area contributed by atoms with Gasteiger partial charge in [0.1, 0.15) is 5.75 Å². The van der Waals surface area contributed by atoms with Crippen molar-refractivity contribution in [1.82, 2.24) is 0 Å². The summed E-state index contributed by atoms with van der Waals surface area (Å²) < 4.78 is 5.55. The van der Waals surface area contributed by atoms with E-state index in [1.807, 2.05) is 0 Å². The van der Waals surface area contributed by atoms with Crippen molar-refractivity contribution in [3.8, 4) is 5.75 Å². The average Bonchev–Trinajstić information content (AvgIpc) is 2.85. The maximum atomic E-state index is 5.55. The van der Waals surface area contributed by atoms with Crippen molar-refractivity contribution in [3.05, 3.63) is 64.7 Å². The number of benzene rings is 2. The zero-order valence-corrected chi connectivity index (χ0v) is 12.6. The van der Waals surface area contributed by atoms with Crippen LogP contribution in [0.2, 0.25) is 0 Å². The third-order valence-electron chi connectivity index (χ3n) is 3.57. The first kappa shape index (κ1) is 12.7. The largest absolute Gasteiger partial charge is 0.493 e. The summed E-state index contributed by atoms with van der Waals surface area (Å²) in [6.07, 6.45) is 2.05. The van der Waals surface area contributed by atoms with Crippen molar-refractivity contribution in [1.29, 1.82) is 0 Å². The summed E-state index contributed by atoms with van der Waals surface area (Å²) >= 11 is 3.81. The van der Waals surface area contributed by atoms with Gasteiger partial charge in [0.2, 0.25) is 0 Å². The summed E-state index contributed by atoms with van der Waals surface area (Å²) in [5.41, 5.74) is 5.37. The molecule has 19 heavy (non-hydrogen) atoms. The number of aryl methyl sites for hydroxylation is 1. The molecule has 0 radical (unpaired) electrons. The van der Waals surface area contributed by atoms with E-state index in [0.717, 1.165) is 25.2 Å². The number of halogens is 1. The molecule has 0 saturated carbocycles. The van der Waals surface area contributed by atoms with Crippen molar-refractivity contribution in [2.45, 2.75) is 24.6 Å². The van der Waals surface area contributed by atoms with Gasteiger partial charge in [-0.2, -0.15) is 0 Å². The molecule has 0 spiro atoms. The molecule has 0 N–H and O–H groups in total. The maximum Gasteiger partial charge on any atom is 0.122 e. The third-order valence-corrected chi connectivity index (χ3v) is 4.43. The molecule has 1 nitrogen and oxygen atoms in total. The van der Waals surface area contributed by atoms with Crippen LogP contribution in [0.4, 0.5) is 0 Å². The molecule has 0 bridgehead atoms. The van der Waals surface area contributed by atoms with Crippen molar-refractivity contribution < 1.29 is 4.74 Å². The van der Waals surface area contributed by atoms with Crippen molar-refractivity contribution >= 4 is 15.9 Å². The highest BCUT2D eigenvalue weighted by Crippen LogP contribution is 2.33. The lowest BCUT2D eigenvalue weighted by Crippen LogP contribution is -1.96. The Morgan fingerprint density at radius 3 is 2.95 bits per heavy atom. The summed E-state index contributed by atoms with van der Waals surface area (Å²) in [5, 5.41) is 0. The number of hydrogen-bond donors (Lipinski definition) is 0. The lowest BCUT2D eigenvalue weighted by atomic mass is 10.0. The molecule has 1 atom stereocenters. The highest BCUT2D eigenvalue weighted by atomic mass is 79.9. The van der Waals surface area contributed by atoms with Gasteiger partial charge in [-0.05, 0) is 36.1 Å². The highest BCUT2D eigenvalue weighted by Gasteiger charge is 2.15. The molecule has 2 aromatic rings. The van der Waals surface area contributed by atoms with E-state index in [1.54, 1.807) is 0 Å². The van der Waals surface area contributed by atoms with Crippen LogP contribution in [0.3, 0.4) is 0 Å². The Labute approximate surface area is 122 Å². The Balaban J connectivity index is 1.78. The smallest absolute Gasteiger partial charge is 0.122 e. The monoisotopic (exact) mass is 316 g/mol. The van der Waals surface area contributed by atoms with Gasteiger partial charge in [-0.3, -0.25) is 0 Å². The molecule has 1 aliphatic heterocycles. The topological polar surface area (TPSA) is 9.23 Å². The first-order chi connectivity index (χ1) is 9.22. The van der Waals surface area contributed by atoms with Gasteiger partial charge in [0.25, 0.3) is 0 Å². The van der Waals surface area contributed by atoms with Crippen LogP contribution >= 0.6 is 15.9 Å². The fourth-order valence-corrected chi connectivity index (χ4v) is 3.22. The van der Waals surface area contributed by atoms with E-state index in [-0.39, 0.29) is 0 Å². The Morgan fingerprint density at radius 1 is 1.21 bits per heavy atom. The van der Waals surface area contributed by atoms with Crippen LogP contribution < -0.4 is 4.74 Å². The minimum absolute atomic E-state index is 0.361. The zero-order valence-electron chi connectivity index (χ0n) is 11.0. The van der Waals surface area contributed by atoms with Crippen LogP contribution in [0.25, 0.3) is 0 Å². The van der Waals surface area contributed by atoms with Gasteiger partial charge in [-0.25, -0.2) is 0 Å². The second-order valence-electron chi connectivity index (χ2n) is 5.13. The normalized spacial score (nSPS) is 14.8. The Bertz CT molecular complexity index is 592. The zero-order chi connectivity index (χ0) is 13.2. The molecule has 0 aliphatic carbocycles. The summed E-state index contributed by atoms with van der Waals surface area (Å²) in [5.74, 6) is 1.05. The Kier molecular flexibility index (Phi) is 3.61. The van der Waals surface area contributed by atoms with Crippen LogP contribution in [0.1, 0.15) is 27.1 Å². The SMILES string of the molecule is Cc1cccc(CC(Br)c2ccc3c(c2)CCO3)c1. The quantitative estimate of drug-likeness (QED) is 0.751. The second kappa shape index (κ2) is 5.38. The van der Waals surface area contributed by atoms with E-state index in [4.69, 9.17) is 4.74 Å². The predicted octanol–water partition coefficient (Wildman–Crippen LogP) is 4.61. The lowest BCUT2D eigenvalue weighted by Gasteiger charge is -2.12. The van der Waals surface area contributed by atoms with Crippen LogP contribution in [-0.4, -0.2) is 6.61 Å².